The lowest BCUT2D eigenvalue weighted by Gasteiger charge is -2.31. The molecule has 1 aromatic carbocycles. The third-order valence-electron chi connectivity index (χ3n) is 7.31. The molecule has 6 N–H and O–H groups in total. The van der Waals surface area contributed by atoms with E-state index in [2.05, 4.69) is 21.8 Å². The number of carbonyl (C=O) groups excluding carboxylic acids is 1. The summed E-state index contributed by atoms with van der Waals surface area (Å²) in [7, 11) is 1.28. The zero-order valence-corrected chi connectivity index (χ0v) is 25.7. The number of halogens is 3. The predicted molar refractivity (Wildman–Crippen MR) is 159 cm³/mol. The molecule has 0 aliphatic carbocycles. The topological polar surface area (TPSA) is 217 Å². The van der Waals surface area contributed by atoms with Crippen LogP contribution in [0, 0.1) is 27.4 Å². The molecule has 1 aliphatic heterocycles. The van der Waals surface area contributed by atoms with Gasteiger partial charge in [-0.1, -0.05) is 32.6 Å². The molecule has 1 aliphatic rings. The fraction of sp³-hybridized carbons (Fsp3) is 0.483. The Kier molecular flexibility index (Phi) is 10.2. The molecule has 4 rings (SSSR count). The van der Waals surface area contributed by atoms with Crippen LogP contribution in [0.15, 0.2) is 23.1 Å². The third kappa shape index (κ3) is 7.65. The summed E-state index contributed by atoms with van der Waals surface area (Å²) in [5.41, 5.74) is 4.53. The zero-order chi connectivity index (χ0) is 34.8. The average molecular weight is 667 g/mol. The van der Waals surface area contributed by atoms with Gasteiger partial charge in [0.1, 0.15) is 18.1 Å². The number of rotatable bonds is 9. The average Bonchev–Trinajstić information content (AvgIpc) is 3.53. The van der Waals surface area contributed by atoms with Gasteiger partial charge in [0.15, 0.2) is 5.65 Å². The first kappa shape index (κ1) is 35.2. The number of nitro benzene ring substituents is 1. The van der Waals surface area contributed by atoms with Crippen molar-refractivity contribution >= 4 is 28.6 Å². The summed E-state index contributed by atoms with van der Waals surface area (Å²) >= 11 is 0. The number of aromatic amines is 1. The van der Waals surface area contributed by atoms with E-state index in [-0.39, 0.29) is 46.9 Å². The number of alkyl halides is 3. The normalized spacial score (nSPS) is 18.9. The Morgan fingerprint density at radius 2 is 2.06 bits per heavy atom. The van der Waals surface area contributed by atoms with Gasteiger partial charge >= 0.3 is 12.1 Å². The van der Waals surface area contributed by atoms with Crippen molar-refractivity contribution in [2.75, 3.05) is 26.0 Å². The lowest BCUT2D eigenvalue weighted by Crippen LogP contribution is -2.36. The van der Waals surface area contributed by atoms with E-state index in [0.29, 0.717) is 5.56 Å². The van der Waals surface area contributed by atoms with Gasteiger partial charge < -0.3 is 40.0 Å². The number of benzene rings is 1. The first-order valence-corrected chi connectivity index (χ1v) is 14.1. The number of H-pyrrole nitrogens is 1. The number of aromatic nitrogens is 3. The number of aliphatic hydroxyl groups excluding tert-OH is 2. The van der Waals surface area contributed by atoms with Crippen molar-refractivity contribution in [3.05, 3.63) is 55.5 Å². The molecule has 3 heterocycles. The molecule has 3 aromatic rings. The monoisotopic (exact) mass is 666 g/mol. The number of hydrogen-bond acceptors (Lipinski definition) is 11. The molecule has 4 atom stereocenters. The smallest absolute Gasteiger partial charge is 0.471 e. The first-order valence-electron chi connectivity index (χ1n) is 14.1. The number of aliphatic hydroxyl groups is 2. The third-order valence-corrected chi connectivity index (χ3v) is 7.31. The highest BCUT2D eigenvalue weighted by molar-refractivity contribution is 5.82. The van der Waals surface area contributed by atoms with Crippen molar-refractivity contribution in [1.82, 2.24) is 19.9 Å². The maximum atomic E-state index is 13.0. The Morgan fingerprint density at radius 1 is 1.36 bits per heavy atom. The molecule has 0 radical (unpaired) electrons. The van der Waals surface area contributed by atoms with Gasteiger partial charge in [0.2, 0.25) is 5.95 Å². The molecular weight excluding hydrogens is 633 g/mol. The number of nitrogens with one attached hydrogen (secondary N) is 2. The van der Waals surface area contributed by atoms with Crippen LogP contribution in [0.2, 0.25) is 0 Å². The van der Waals surface area contributed by atoms with Crippen LogP contribution < -0.4 is 21.3 Å². The van der Waals surface area contributed by atoms with Gasteiger partial charge in [-0.3, -0.25) is 24.7 Å². The van der Waals surface area contributed by atoms with Crippen molar-refractivity contribution in [3.63, 3.8) is 0 Å². The van der Waals surface area contributed by atoms with Crippen LogP contribution in [0.4, 0.5) is 24.8 Å². The molecular formula is C29H33F3N6O9. The van der Waals surface area contributed by atoms with Gasteiger partial charge in [0.25, 0.3) is 11.2 Å². The molecule has 18 heteroatoms. The highest BCUT2D eigenvalue weighted by Gasteiger charge is 2.39. The number of anilines is 1. The largest absolute Gasteiger partial charge is 0.495 e. The summed E-state index contributed by atoms with van der Waals surface area (Å²) in [6, 6.07) is 2.44. The Bertz CT molecular complexity index is 1790. The van der Waals surface area contributed by atoms with Crippen molar-refractivity contribution in [2.45, 2.75) is 64.5 Å². The van der Waals surface area contributed by atoms with E-state index >= 15 is 0 Å². The molecule has 254 valence electrons. The number of amides is 1. The second-order valence-corrected chi connectivity index (χ2v) is 11.7. The minimum absolute atomic E-state index is 0.0185. The lowest BCUT2D eigenvalue weighted by atomic mass is 9.83. The predicted octanol–water partition coefficient (Wildman–Crippen LogP) is 2.20. The maximum absolute atomic E-state index is 13.0. The number of ether oxygens (including phenoxy) is 3. The van der Waals surface area contributed by atoms with Crippen LogP contribution in [0.25, 0.3) is 11.0 Å². The standard InChI is InChI=1S/C29H33F3N6O9/c1-28(2,3)23(16-9-19(45-4)14(8-17(16)38(43)44)6-5-7-34-26(42)29(30,31)32)46-13-15-11-37(21-10-18(40)20(12-39)47-21)24-22(15)25(41)36-27(33)35-24/h8-9,11,18,20-21,23,39-40H,7,10,12-13H2,1-4H3,(H,34,42)(H3,33,35,36,41)/t18?,20-,21?,23-/m1/s1. The molecule has 0 bridgehead atoms. The molecule has 1 saturated heterocycles. The van der Waals surface area contributed by atoms with Gasteiger partial charge in [-0.05, 0) is 11.5 Å². The highest BCUT2D eigenvalue weighted by atomic mass is 19.4. The minimum atomic E-state index is -5.09. The van der Waals surface area contributed by atoms with E-state index in [0.717, 1.165) is 6.07 Å². The zero-order valence-electron chi connectivity index (χ0n) is 25.7. The Hall–Kier alpha value is -4.70. The van der Waals surface area contributed by atoms with E-state index in [4.69, 9.17) is 19.9 Å². The Morgan fingerprint density at radius 3 is 2.64 bits per heavy atom. The van der Waals surface area contributed by atoms with Gasteiger partial charge in [0, 0.05) is 24.2 Å². The number of nitrogens with zero attached hydrogens (tertiary/aromatic N) is 3. The van der Waals surface area contributed by atoms with Gasteiger partial charge in [0.05, 0.1) is 60.5 Å². The summed E-state index contributed by atoms with van der Waals surface area (Å²) in [4.78, 5) is 42.3. The second-order valence-electron chi connectivity index (χ2n) is 11.7. The van der Waals surface area contributed by atoms with Crippen LogP contribution in [0.3, 0.4) is 0 Å². The van der Waals surface area contributed by atoms with Crippen molar-refractivity contribution in [3.8, 4) is 17.6 Å². The van der Waals surface area contributed by atoms with Crippen LogP contribution in [0.5, 0.6) is 5.75 Å². The molecule has 2 unspecified atom stereocenters. The molecule has 1 amide bonds. The lowest BCUT2D eigenvalue weighted by molar-refractivity contribution is -0.386. The van der Waals surface area contributed by atoms with E-state index in [1.165, 1.54) is 23.9 Å². The van der Waals surface area contributed by atoms with Gasteiger partial charge in [-0.15, -0.1) is 0 Å². The minimum Gasteiger partial charge on any atom is -0.495 e. The van der Waals surface area contributed by atoms with Crippen molar-refractivity contribution in [1.29, 1.82) is 0 Å². The summed E-state index contributed by atoms with van der Waals surface area (Å²) in [6.45, 7) is 3.95. The number of fused-ring (bicyclic) bond motifs is 1. The molecule has 1 fully saturated rings. The van der Waals surface area contributed by atoms with Gasteiger partial charge in [-0.2, -0.15) is 18.2 Å². The number of nitrogen functional groups attached to an aromatic ring is 1. The SMILES string of the molecule is COc1cc([C@@H](OCc2cn(C3CC(O)[C@@H](CO)O3)c3nc(N)[nH]c(=O)c23)C(C)(C)C)c([N+](=O)[O-])cc1C#CCNC(=O)C(F)(F)F. The van der Waals surface area contributed by atoms with Crippen LogP contribution in [0.1, 0.15) is 56.2 Å². The molecule has 0 spiro atoms. The quantitative estimate of drug-likeness (QED) is 0.127. The Balaban J connectivity index is 1.71. The van der Waals surface area contributed by atoms with E-state index in [1.54, 1.807) is 26.1 Å². The molecule has 15 nitrogen and oxygen atoms in total. The fourth-order valence-corrected chi connectivity index (χ4v) is 5.19. The number of hydrogen-bond donors (Lipinski definition) is 5. The van der Waals surface area contributed by atoms with Crippen molar-refractivity contribution < 1.29 is 47.3 Å². The van der Waals surface area contributed by atoms with E-state index in [1.807, 2.05) is 0 Å². The Labute approximate surface area is 265 Å². The van der Waals surface area contributed by atoms with Crippen molar-refractivity contribution in [2.24, 2.45) is 5.41 Å². The van der Waals surface area contributed by atoms with E-state index in [9.17, 15) is 43.1 Å². The van der Waals surface area contributed by atoms with Crippen LogP contribution in [-0.4, -0.2) is 74.2 Å². The number of nitrogens with two attached hydrogens (primary N) is 1. The maximum Gasteiger partial charge on any atom is 0.471 e. The molecule has 0 saturated carbocycles. The highest BCUT2D eigenvalue weighted by Crippen LogP contribution is 2.43. The number of methoxy groups -OCH3 is 1. The molecule has 47 heavy (non-hydrogen) atoms. The van der Waals surface area contributed by atoms with Crippen LogP contribution in [-0.2, 0) is 20.9 Å². The first-order chi connectivity index (χ1) is 22.0. The number of nitro groups is 1. The van der Waals surface area contributed by atoms with E-state index < -0.39 is 71.4 Å². The number of carbonyl (C=O) groups is 1. The fourth-order valence-electron chi connectivity index (χ4n) is 5.19. The molecule has 2 aromatic heterocycles. The summed E-state index contributed by atoms with van der Waals surface area (Å²) in [5.74, 6) is 2.52. The summed E-state index contributed by atoms with van der Waals surface area (Å²) in [5, 5.41) is 33.8. The van der Waals surface area contributed by atoms with Gasteiger partial charge in [-0.25, -0.2) is 0 Å². The summed E-state index contributed by atoms with van der Waals surface area (Å²) in [6.07, 6.45) is -7.10. The summed E-state index contributed by atoms with van der Waals surface area (Å²) < 4.78 is 56.3. The second kappa shape index (κ2) is 13.6. The van der Waals surface area contributed by atoms with Crippen LogP contribution >= 0.6 is 0 Å².